The minimum Gasteiger partial charge on any atom is -0.476 e. The Morgan fingerprint density at radius 3 is 2.36 bits per heavy atom. The number of hydrogen-bond donors (Lipinski definition) is 2. The largest absolute Gasteiger partial charge is 0.476 e. The van der Waals surface area contributed by atoms with Crippen LogP contribution in [0.1, 0.15) is 12.5 Å². The van der Waals surface area contributed by atoms with Gasteiger partial charge in [0, 0.05) is 12.1 Å². The van der Waals surface area contributed by atoms with E-state index in [9.17, 15) is 12.8 Å². The number of rotatable bonds is 8. The number of fused-ring (bicyclic) bond motifs is 1. The smallest absolute Gasteiger partial charge is 0.247 e. The van der Waals surface area contributed by atoms with E-state index in [1.54, 1.807) is 24.3 Å². The van der Waals surface area contributed by atoms with Crippen molar-refractivity contribution in [1.82, 2.24) is 29.9 Å². The van der Waals surface area contributed by atoms with Crippen LogP contribution in [0.25, 0.3) is 22.6 Å². The highest BCUT2D eigenvalue weighted by Crippen LogP contribution is 2.24. The lowest BCUT2D eigenvalue weighted by molar-refractivity contribution is 0.330. The van der Waals surface area contributed by atoms with E-state index < -0.39 is 10.0 Å². The number of hydrogen-bond acceptors (Lipinski definition) is 9. The fourth-order valence-electron chi connectivity index (χ4n) is 2.94. The summed E-state index contributed by atoms with van der Waals surface area (Å²) in [7, 11) is -2.14. The summed E-state index contributed by atoms with van der Waals surface area (Å²) in [6.07, 6.45) is 0. The van der Waals surface area contributed by atoms with E-state index in [0.29, 0.717) is 30.1 Å². The lowest BCUT2D eigenvalue weighted by Crippen LogP contribution is -2.18. The number of sulfonamides is 1. The lowest BCUT2D eigenvalue weighted by Gasteiger charge is -2.10. The van der Waals surface area contributed by atoms with Crippen molar-refractivity contribution in [3.8, 4) is 17.3 Å². The van der Waals surface area contributed by atoms with Gasteiger partial charge in [-0.3, -0.25) is 0 Å². The standard InChI is InChI=1S/C21H20FN7O3S/c1-3-32-20-17-19(29-28-18(25-17)14-6-8-15(22)9-7-14)26-21(27-20)24-12-13-4-10-16(11-5-13)33(30,31)23-2/h4-11,23H,3,12H2,1-2H3,(H,24,26,27,29). The molecule has 33 heavy (non-hydrogen) atoms. The highest BCUT2D eigenvalue weighted by molar-refractivity contribution is 7.89. The summed E-state index contributed by atoms with van der Waals surface area (Å²) in [5.74, 6) is 0.423. The zero-order valence-corrected chi connectivity index (χ0v) is 18.6. The van der Waals surface area contributed by atoms with Gasteiger partial charge in [0.1, 0.15) is 5.82 Å². The molecule has 0 unspecified atom stereocenters. The van der Waals surface area contributed by atoms with Crippen molar-refractivity contribution in [3.63, 3.8) is 0 Å². The lowest BCUT2D eigenvalue weighted by atomic mass is 10.2. The van der Waals surface area contributed by atoms with Crippen LogP contribution >= 0.6 is 0 Å². The predicted molar refractivity (Wildman–Crippen MR) is 120 cm³/mol. The fraction of sp³-hybridized carbons (Fsp3) is 0.190. The van der Waals surface area contributed by atoms with E-state index in [1.165, 1.54) is 31.3 Å². The number of aromatic nitrogens is 5. The summed E-state index contributed by atoms with van der Waals surface area (Å²) in [5, 5.41) is 11.3. The van der Waals surface area contributed by atoms with E-state index in [2.05, 4.69) is 35.2 Å². The van der Waals surface area contributed by atoms with Gasteiger partial charge in [-0.05, 0) is 55.9 Å². The number of nitrogens with zero attached hydrogens (tertiary/aromatic N) is 5. The molecule has 0 saturated heterocycles. The van der Waals surface area contributed by atoms with E-state index >= 15 is 0 Å². The van der Waals surface area contributed by atoms with Crippen LogP contribution < -0.4 is 14.8 Å². The minimum atomic E-state index is -3.50. The van der Waals surface area contributed by atoms with Crippen molar-refractivity contribution in [1.29, 1.82) is 0 Å². The number of ether oxygens (including phenoxy) is 1. The SMILES string of the molecule is CCOc1nc(NCc2ccc(S(=O)(=O)NC)cc2)nc2nnc(-c3ccc(F)cc3)nc12. The summed E-state index contributed by atoms with van der Waals surface area (Å²) in [6, 6.07) is 12.2. The van der Waals surface area contributed by atoms with Gasteiger partial charge in [0.2, 0.25) is 27.5 Å². The monoisotopic (exact) mass is 469 g/mol. The molecule has 0 saturated carbocycles. The molecule has 0 bridgehead atoms. The van der Waals surface area contributed by atoms with Gasteiger partial charge in [0.25, 0.3) is 0 Å². The van der Waals surface area contributed by atoms with Crippen molar-refractivity contribution in [2.24, 2.45) is 0 Å². The first-order valence-electron chi connectivity index (χ1n) is 9.97. The number of halogens is 1. The highest BCUT2D eigenvalue weighted by atomic mass is 32.2. The molecular formula is C21H20FN7O3S. The van der Waals surface area contributed by atoms with Crippen LogP contribution in [0.15, 0.2) is 53.4 Å². The van der Waals surface area contributed by atoms with Crippen molar-refractivity contribution in [2.75, 3.05) is 19.0 Å². The quantitative estimate of drug-likeness (QED) is 0.399. The maximum atomic E-state index is 13.2. The molecule has 2 heterocycles. The second-order valence-corrected chi connectivity index (χ2v) is 8.69. The number of anilines is 1. The molecule has 2 aromatic carbocycles. The molecule has 0 aliphatic heterocycles. The third-order valence-corrected chi connectivity index (χ3v) is 6.06. The van der Waals surface area contributed by atoms with Gasteiger partial charge < -0.3 is 10.1 Å². The molecular weight excluding hydrogens is 449 g/mol. The first-order chi connectivity index (χ1) is 15.9. The number of nitrogens with one attached hydrogen (secondary N) is 2. The van der Waals surface area contributed by atoms with Crippen molar-refractivity contribution in [3.05, 3.63) is 59.9 Å². The van der Waals surface area contributed by atoms with Crippen LogP contribution in [-0.2, 0) is 16.6 Å². The molecule has 0 aliphatic rings. The summed E-state index contributed by atoms with van der Waals surface area (Å²) in [6.45, 7) is 2.51. The molecule has 12 heteroatoms. The average Bonchev–Trinajstić information content (AvgIpc) is 2.83. The van der Waals surface area contributed by atoms with Crippen LogP contribution in [0, 0.1) is 5.82 Å². The van der Waals surface area contributed by atoms with Crippen LogP contribution in [0.2, 0.25) is 0 Å². The van der Waals surface area contributed by atoms with Crippen LogP contribution in [0.3, 0.4) is 0 Å². The van der Waals surface area contributed by atoms with E-state index in [-0.39, 0.29) is 28.2 Å². The predicted octanol–water partition coefficient (Wildman–Crippen LogP) is 2.54. The Morgan fingerprint density at radius 1 is 0.970 bits per heavy atom. The average molecular weight is 470 g/mol. The van der Waals surface area contributed by atoms with Gasteiger partial charge in [-0.2, -0.15) is 9.97 Å². The van der Waals surface area contributed by atoms with Gasteiger partial charge in [0.15, 0.2) is 11.3 Å². The molecule has 0 atom stereocenters. The summed E-state index contributed by atoms with van der Waals surface area (Å²) in [5.41, 5.74) is 1.98. The Hall–Kier alpha value is -3.77. The first-order valence-corrected chi connectivity index (χ1v) is 11.5. The molecule has 4 rings (SSSR count). The third kappa shape index (κ3) is 5.02. The van der Waals surface area contributed by atoms with E-state index in [1.807, 2.05) is 6.92 Å². The van der Waals surface area contributed by atoms with E-state index in [4.69, 9.17) is 4.74 Å². The normalized spacial score (nSPS) is 11.5. The second-order valence-electron chi connectivity index (χ2n) is 6.80. The molecule has 170 valence electrons. The van der Waals surface area contributed by atoms with Gasteiger partial charge in [-0.25, -0.2) is 22.5 Å². The maximum absolute atomic E-state index is 13.2. The molecule has 0 aliphatic carbocycles. The number of benzene rings is 2. The Kier molecular flexibility index (Phi) is 6.38. The van der Waals surface area contributed by atoms with E-state index in [0.717, 1.165) is 5.56 Å². The van der Waals surface area contributed by atoms with Gasteiger partial charge in [0.05, 0.1) is 11.5 Å². The third-order valence-electron chi connectivity index (χ3n) is 4.63. The topological polar surface area (TPSA) is 132 Å². The molecule has 0 amide bonds. The van der Waals surface area contributed by atoms with Crippen molar-refractivity contribution < 1.29 is 17.5 Å². The molecule has 0 spiro atoms. The zero-order chi connectivity index (χ0) is 23.4. The Labute approximate surface area is 189 Å². The van der Waals surface area contributed by atoms with Gasteiger partial charge in [-0.1, -0.05) is 12.1 Å². The summed E-state index contributed by atoms with van der Waals surface area (Å²) >= 11 is 0. The molecule has 10 nitrogen and oxygen atoms in total. The molecule has 0 radical (unpaired) electrons. The summed E-state index contributed by atoms with van der Waals surface area (Å²) < 4.78 is 44.8. The Bertz CT molecular complexity index is 1380. The van der Waals surface area contributed by atoms with Crippen molar-refractivity contribution >= 4 is 27.1 Å². The van der Waals surface area contributed by atoms with Gasteiger partial charge in [-0.15, -0.1) is 10.2 Å². The zero-order valence-electron chi connectivity index (χ0n) is 17.8. The molecule has 2 N–H and O–H groups in total. The van der Waals surface area contributed by atoms with Gasteiger partial charge >= 0.3 is 0 Å². The van der Waals surface area contributed by atoms with Crippen LogP contribution in [0.4, 0.5) is 10.3 Å². The Balaban J connectivity index is 1.59. The second kappa shape index (κ2) is 9.38. The Morgan fingerprint density at radius 2 is 1.70 bits per heavy atom. The first kappa shape index (κ1) is 22.4. The molecule has 2 aromatic heterocycles. The molecule has 0 fully saturated rings. The van der Waals surface area contributed by atoms with Crippen molar-refractivity contribution in [2.45, 2.75) is 18.4 Å². The maximum Gasteiger partial charge on any atom is 0.247 e. The van der Waals surface area contributed by atoms with Crippen LogP contribution in [0.5, 0.6) is 5.88 Å². The highest BCUT2D eigenvalue weighted by Gasteiger charge is 2.15. The fourth-order valence-corrected chi connectivity index (χ4v) is 3.67. The van der Waals surface area contributed by atoms with Crippen LogP contribution in [-0.4, -0.2) is 47.2 Å². The minimum absolute atomic E-state index is 0.174. The summed E-state index contributed by atoms with van der Waals surface area (Å²) in [4.78, 5) is 13.4. The molecule has 4 aromatic rings.